The van der Waals surface area contributed by atoms with E-state index in [0.717, 1.165) is 16.9 Å². The van der Waals surface area contributed by atoms with Crippen molar-refractivity contribution in [2.45, 2.75) is 11.9 Å². The van der Waals surface area contributed by atoms with Crippen LogP contribution in [0.5, 0.6) is 0 Å². The fourth-order valence-electron chi connectivity index (χ4n) is 2.67. The first kappa shape index (κ1) is 17.6. The van der Waals surface area contributed by atoms with E-state index in [0.29, 0.717) is 11.6 Å². The number of hydrogen-bond acceptors (Lipinski definition) is 4. The smallest absolute Gasteiger partial charge is 0.305 e. The second-order valence-corrected chi connectivity index (χ2v) is 6.49. The summed E-state index contributed by atoms with van der Waals surface area (Å²) < 4.78 is 13.3. The number of carbonyl (C=O) groups is 1. The lowest BCUT2D eigenvalue weighted by atomic mass is 10.1. The Morgan fingerprint density at radius 3 is 2.40 bits per heavy atom. The van der Waals surface area contributed by atoms with Gasteiger partial charge in [-0.1, -0.05) is 11.6 Å². The van der Waals surface area contributed by atoms with Crippen molar-refractivity contribution in [2.75, 3.05) is 11.4 Å². The maximum Gasteiger partial charge on any atom is 0.305 e. The van der Waals surface area contributed by atoms with E-state index in [4.69, 9.17) is 16.7 Å². The molecule has 1 heterocycles. The molecule has 1 aliphatic rings. The molecule has 0 saturated heterocycles. The van der Waals surface area contributed by atoms with Crippen LogP contribution in [-0.4, -0.2) is 28.0 Å². The molecule has 0 spiro atoms. The molecular formula is C18H16ClFN2O2S. The molecule has 0 amide bonds. The molecule has 7 heteroatoms. The average molecular weight is 379 g/mol. The minimum Gasteiger partial charge on any atom is -0.481 e. The van der Waals surface area contributed by atoms with Gasteiger partial charge < -0.3 is 14.9 Å². The lowest BCUT2D eigenvalue weighted by Gasteiger charge is -2.30. The first-order valence-corrected chi connectivity index (χ1v) is 8.53. The van der Waals surface area contributed by atoms with E-state index in [1.54, 1.807) is 24.3 Å². The van der Waals surface area contributed by atoms with E-state index >= 15 is 0 Å². The molecule has 0 aliphatic carbocycles. The summed E-state index contributed by atoms with van der Waals surface area (Å²) in [7, 11) is 0. The zero-order valence-corrected chi connectivity index (χ0v) is 14.8. The van der Waals surface area contributed by atoms with Crippen molar-refractivity contribution in [2.24, 2.45) is 0 Å². The lowest BCUT2D eigenvalue weighted by Crippen LogP contribution is -2.36. The van der Waals surface area contributed by atoms with Gasteiger partial charge in [-0.05, 0) is 54.1 Å². The second kappa shape index (κ2) is 7.37. The highest BCUT2D eigenvalue weighted by molar-refractivity contribution is 7.81. The van der Waals surface area contributed by atoms with E-state index < -0.39 is 5.97 Å². The molecule has 2 aromatic rings. The molecule has 130 valence electrons. The molecule has 1 N–H and O–H groups in total. The van der Waals surface area contributed by atoms with E-state index in [2.05, 4.69) is 12.6 Å². The number of benzene rings is 2. The van der Waals surface area contributed by atoms with Crippen molar-refractivity contribution in [3.8, 4) is 0 Å². The van der Waals surface area contributed by atoms with E-state index in [1.807, 2.05) is 28.1 Å². The number of carboxylic acid groups (broad SMARTS) is 1. The summed E-state index contributed by atoms with van der Waals surface area (Å²) in [5, 5.41) is 9.56. The van der Waals surface area contributed by atoms with Gasteiger partial charge in [-0.15, -0.1) is 12.6 Å². The van der Waals surface area contributed by atoms with Gasteiger partial charge in [0.25, 0.3) is 0 Å². The van der Waals surface area contributed by atoms with Crippen LogP contribution in [0.2, 0.25) is 5.02 Å². The number of anilines is 1. The minimum atomic E-state index is -0.873. The average Bonchev–Trinajstić information content (AvgIpc) is 2.91. The number of rotatable bonds is 5. The summed E-state index contributed by atoms with van der Waals surface area (Å²) in [6.45, 7) is 0.318. The van der Waals surface area contributed by atoms with E-state index in [-0.39, 0.29) is 17.7 Å². The fourth-order valence-corrected chi connectivity index (χ4v) is 3.24. The first-order valence-electron chi connectivity index (χ1n) is 7.64. The van der Waals surface area contributed by atoms with Crippen LogP contribution < -0.4 is 4.90 Å². The van der Waals surface area contributed by atoms with Crippen molar-refractivity contribution >= 4 is 41.6 Å². The summed E-state index contributed by atoms with van der Waals surface area (Å²) in [5.41, 5.74) is 2.11. The maximum atomic E-state index is 13.3. The Morgan fingerprint density at radius 1 is 1.16 bits per heavy atom. The number of aliphatic carboxylic acids is 1. The zero-order valence-electron chi connectivity index (χ0n) is 13.1. The van der Waals surface area contributed by atoms with Crippen LogP contribution in [0.15, 0.2) is 54.7 Å². The standard InChI is InChI=1S/C18H16ClFN2O2S/c19-13-3-7-15(8-4-13)22-16(12-1-5-14(20)6-2-12)11-21(18(22)25)10-9-17(23)24/h1-8,11,18,25H,9-10H2,(H,23,24). The Hall–Kier alpha value is -2.18. The van der Waals surface area contributed by atoms with Crippen LogP contribution in [0.1, 0.15) is 12.0 Å². The molecule has 3 rings (SSSR count). The summed E-state index contributed by atoms with van der Waals surface area (Å²) >= 11 is 10.6. The summed E-state index contributed by atoms with van der Waals surface area (Å²) in [6.07, 6.45) is 1.85. The molecule has 1 atom stereocenters. The maximum absolute atomic E-state index is 13.3. The minimum absolute atomic E-state index is 0.00127. The van der Waals surface area contributed by atoms with Crippen molar-refractivity contribution in [1.29, 1.82) is 0 Å². The summed E-state index contributed by atoms with van der Waals surface area (Å²) in [4.78, 5) is 14.7. The third-order valence-corrected chi connectivity index (χ3v) is 4.68. The van der Waals surface area contributed by atoms with Crippen molar-refractivity contribution in [3.05, 3.63) is 71.1 Å². The number of hydrogen-bond donors (Lipinski definition) is 2. The van der Waals surface area contributed by atoms with Crippen LogP contribution in [0, 0.1) is 5.82 Å². The molecule has 0 bridgehead atoms. The molecule has 0 radical (unpaired) electrons. The largest absolute Gasteiger partial charge is 0.481 e. The third kappa shape index (κ3) is 3.91. The van der Waals surface area contributed by atoms with E-state index in [1.165, 1.54) is 12.1 Å². The van der Waals surface area contributed by atoms with Crippen molar-refractivity contribution < 1.29 is 14.3 Å². The Kier molecular flexibility index (Phi) is 5.20. The van der Waals surface area contributed by atoms with Crippen LogP contribution in [0.4, 0.5) is 10.1 Å². The topological polar surface area (TPSA) is 43.8 Å². The van der Waals surface area contributed by atoms with Crippen molar-refractivity contribution in [1.82, 2.24) is 4.90 Å². The molecular weight excluding hydrogens is 363 g/mol. The van der Waals surface area contributed by atoms with Gasteiger partial charge in [-0.2, -0.15) is 0 Å². The van der Waals surface area contributed by atoms with Crippen LogP contribution >= 0.6 is 24.2 Å². The Labute approximate surface area is 155 Å². The van der Waals surface area contributed by atoms with Crippen LogP contribution in [-0.2, 0) is 4.79 Å². The molecule has 0 fully saturated rings. The Balaban J connectivity index is 1.97. The second-order valence-electron chi connectivity index (χ2n) is 5.60. The quantitative estimate of drug-likeness (QED) is 0.762. The highest BCUT2D eigenvalue weighted by Crippen LogP contribution is 2.37. The lowest BCUT2D eigenvalue weighted by molar-refractivity contribution is -0.137. The Bertz CT molecular complexity index is 796. The highest BCUT2D eigenvalue weighted by Gasteiger charge is 2.31. The molecule has 2 aromatic carbocycles. The molecule has 0 saturated carbocycles. The number of halogens is 2. The van der Waals surface area contributed by atoms with Gasteiger partial charge in [-0.3, -0.25) is 4.79 Å². The van der Waals surface area contributed by atoms with Gasteiger partial charge in [0.15, 0.2) is 5.50 Å². The van der Waals surface area contributed by atoms with Gasteiger partial charge in [0.2, 0.25) is 0 Å². The zero-order chi connectivity index (χ0) is 18.0. The number of carboxylic acids is 1. The third-order valence-electron chi connectivity index (χ3n) is 3.90. The van der Waals surface area contributed by atoms with Gasteiger partial charge >= 0.3 is 5.97 Å². The summed E-state index contributed by atoms with van der Waals surface area (Å²) in [6, 6.07) is 13.4. The van der Waals surface area contributed by atoms with Gasteiger partial charge in [0, 0.05) is 23.5 Å². The Morgan fingerprint density at radius 2 is 1.80 bits per heavy atom. The summed E-state index contributed by atoms with van der Waals surface area (Å²) in [5.74, 6) is -1.19. The predicted molar refractivity (Wildman–Crippen MR) is 100 cm³/mol. The van der Waals surface area contributed by atoms with Gasteiger partial charge in [-0.25, -0.2) is 4.39 Å². The fraction of sp³-hybridized carbons (Fsp3) is 0.167. The number of thiol groups is 1. The predicted octanol–water partition coefficient (Wildman–Crippen LogP) is 4.29. The normalized spacial score (nSPS) is 16.9. The monoisotopic (exact) mass is 378 g/mol. The first-order chi connectivity index (χ1) is 12.0. The van der Waals surface area contributed by atoms with Crippen LogP contribution in [0.3, 0.4) is 0 Å². The molecule has 1 aliphatic heterocycles. The number of nitrogens with zero attached hydrogens (tertiary/aromatic N) is 2. The SMILES string of the molecule is O=C(O)CCN1C=C(c2ccc(F)cc2)N(c2ccc(Cl)cc2)C1S. The molecule has 4 nitrogen and oxygen atoms in total. The van der Waals surface area contributed by atoms with E-state index in [9.17, 15) is 9.18 Å². The van der Waals surface area contributed by atoms with Gasteiger partial charge in [0.1, 0.15) is 5.82 Å². The molecule has 25 heavy (non-hydrogen) atoms. The highest BCUT2D eigenvalue weighted by atomic mass is 35.5. The van der Waals surface area contributed by atoms with Crippen molar-refractivity contribution in [3.63, 3.8) is 0 Å². The van der Waals surface area contributed by atoms with Crippen LogP contribution in [0.25, 0.3) is 5.70 Å². The molecule has 1 unspecified atom stereocenters. The molecule has 0 aromatic heterocycles. The van der Waals surface area contributed by atoms with Gasteiger partial charge in [0.05, 0.1) is 12.1 Å².